The van der Waals surface area contributed by atoms with E-state index < -0.39 is 5.60 Å². The molecule has 0 saturated carbocycles. The molecule has 3 nitrogen and oxygen atoms in total. The molecule has 0 bridgehead atoms. The van der Waals surface area contributed by atoms with E-state index in [1.54, 1.807) is 6.08 Å². The number of carbonyl (C=O) groups excluding carboxylic acids is 1. The molecule has 0 rings (SSSR count). The highest BCUT2D eigenvalue weighted by Crippen LogP contribution is 2.06. The van der Waals surface area contributed by atoms with Crippen molar-refractivity contribution in [3.05, 3.63) is 12.2 Å². The van der Waals surface area contributed by atoms with Crippen LogP contribution in [0.25, 0.3) is 0 Å². The Morgan fingerprint density at radius 1 is 1.50 bits per heavy atom. The van der Waals surface area contributed by atoms with Gasteiger partial charge < -0.3 is 10.5 Å². The molecule has 0 aliphatic heterocycles. The highest BCUT2D eigenvalue weighted by atomic mass is 16.6. The highest BCUT2D eigenvalue weighted by molar-refractivity contribution is 5.82. The lowest BCUT2D eigenvalue weighted by Crippen LogP contribution is -2.22. The number of carbonyl (C=O) groups is 1. The Morgan fingerprint density at radius 3 is 2.50 bits per heavy atom. The average Bonchev–Trinajstić information content (AvgIpc) is 1.84. The summed E-state index contributed by atoms with van der Waals surface area (Å²) in [5, 5.41) is 0. The third kappa shape index (κ3) is 7.28. The smallest absolute Gasteiger partial charge is 0.330 e. The van der Waals surface area contributed by atoms with E-state index in [1.165, 1.54) is 6.08 Å². The topological polar surface area (TPSA) is 52.3 Å². The fourth-order valence-electron chi connectivity index (χ4n) is 0.612. The first-order valence-electron chi connectivity index (χ1n) is 4.05. The summed E-state index contributed by atoms with van der Waals surface area (Å²) in [4.78, 5) is 11.0. The maximum absolute atomic E-state index is 11.0. The second-order valence-corrected chi connectivity index (χ2v) is 3.51. The normalized spacial score (nSPS) is 12.0. The summed E-state index contributed by atoms with van der Waals surface area (Å²) in [7, 11) is 0. The molecule has 0 saturated heterocycles. The van der Waals surface area contributed by atoms with E-state index in [-0.39, 0.29) is 5.97 Å². The van der Waals surface area contributed by atoms with E-state index >= 15 is 0 Å². The molecule has 0 aliphatic rings. The fourth-order valence-corrected chi connectivity index (χ4v) is 0.612. The number of rotatable bonds is 3. The zero-order chi connectivity index (χ0) is 9.61. The predicted molar refractivity (Wildman–Crippen MR) is 48.7 cm³/mol. The molecule has 0 aromatic rings. The lowest BCUT2D eigenvalue weighted by Gasteiger charge is -2.17. The molecule has 2 N–H and O–H groups in total. The van der Waals surface area contributed by atoms with Crippen LogP contribution in [0.15, 0.2) is 12.2 Å². The second-order valence-electron chi connectivity index (χ2n) is 3.51. The monoisotopic (exact) mass is 171 g/mol. The Kier molecular flexibility index (Phi) is 4.59. The van der Waals surface area contributed by atoms with Crippen LogP contribution in [0.5, 0.6) is 0 Å². The molecule has 0 unspecified atom stereocenters. The summed E-state index contributed by atoms with van der Waals surface area (Å²) in [6.07, 6.45) is 3.84. The number of ether oxygens (including phenoxy) is 1. The van der Waals surface area contributed by atoms with Gasteiger partial charge in [0.05, 0.1) is 0 Å². The van der Waals surface area contributed by atoms with Gasteiger partial charge in [0.15, 0.2) is 0 Å². The van der Waals surface area contributed by atoms with Crippen LogP contribution in [0.1, 0.15) is 27.2 Å². The number of hydrogen-bond donors (Lipinski definition) is 1. The molecule has 3 heteroatoms. The summed E-state index contributed by atoms with van der Waals surface area (Å²) in [5.41, 5.74) is 4.83. The summed E-state index contributed by atoms with van der Waals surface area (Å²) >= 11 is 0. The van der Waals surface area contributed by atoms with Gasteiger partial charge in [-0.1, -0.05) is 6.08 Å². The van der Waals surface area contributed by atoms with Crippen molar-refractivity contribution in [2.24, 2.45) is 5.73 Å². The Hall–Kier alpha value is -0.830. The molecule has 12 heavy (non-hydrogen) atoms. The standard InChI is InChI=1S/C9H17NO2/c1-9(2,3)12-8(11)6-4-5-7-10/h4,6H,5,7,10H2,1-3H3/b6-4+. The number of hydrogen-bond acceptors (Lipinski definition) is 3. The highest BCUT2D eigenvalue weighted by Gasteiger charge is 2.13. The molecule has 0 amide bonds. The molecular weight excluding hydrogens is 154 g/mol. The third-order valence-corrected chi connectivity index (χ3v) is 0.994. The van der Waals surface area contributed by atoms with Crippen molar-refractivity contribution < 1.29 is 9.53 Å². The van der Waals surface area contributed by atoms with E-state index in [0.717, 1.165) is 0 Å². The molecule has 0 aliphatic carbocycles. The quantitative estimate of drug-likeness (QED) is 0.513. The molecule has 70 valence electrons. The molecule has 0 aromatic carbocycles. The van der Waals surface area contributed by atoms with Crippen molar-refractivity contribution in [3.63, 3.8) is 0 Å². The van der Waals surface area contributed by atoms with E-state index in [2.05, 4.69) is 0 Å². The summed E-state index contributed by atoms with van der Waals surface area (Å²) in [6.45, 7) is 6.06. The average molecular weight is 171 g/mol. The minimum atomic E-state index is -0.413. The van der Waals surface area contributed by atoms with E-state index in [1.807, 2.05) is 20.8 Å². The van der Waals surface area contributed by atoms with Crippen LogP contribution in [0.2, 0.25) is 0 Å². The van der Waals surface area contributed by atoms with Crippen molar-refractivity contribution in [1.82, 2.24) is 0 Å². The van der Waals surface area contributed by atoms with Gasteiger partial charge in [0.25, 0.3) is 0 Å². The van der Waals surface area contributed by atoms with Crippen LogP contribution in [0, 0.1) is 0 Å². The van der Waals surface area contributed by atoms with Crippen LogP contribution in [0.4, 0.5) is 0 Å². The van der Waals surface area contributed by atoms with E-state index in [4.69, 9.17) is 10.5 Å². The zero-order valence-electron chi connectivity index (χ0n) is 7.96. The van der Waals surface area contributed by atoms with Crippen LogP contribution in [-0.4, -0.2) is 18.1 Å². The van der Waals surface area contributed by atoms with Crippen LogP contribution in [0.3, 0.4) is 0 Å². The van der Waals surface area contributed by atoms with E-state index in [9.17, 15) is 4.79 Å². The Balaban J connectivity index is 3.75. The van der Waals surface area contributed by atoms with Gasteiger partial charge >= 0.3 is 5.97 Å². The minimum absolute atomic E-state index is 0.309. The van der Waals surface area contributed by atoms with Gasteiger partial charge in [-0.3, -0.25) is 0 Å². The van der Waals surface area contributed by atoms with Crippen LogP contribution in [-0.2, 0) is 9.53 Å². The maximum atomic E-state index is 11.0. The van der Waals surface area contributed by atoms with Crippen molar-refractivity contribution in [3.8, 4) is 0 Å². The molecule has 0 aromatic heterocycles. The first-order chi connectivity index (χ1) is 5.45. The molecule has 0 radical (unpaired) electrons. The van der Waals surface area contributed by atoms with Crippen molar-refractivity contribution in [1.29, 1.82) is 0 Å². The van der Waals surface area contributed by atoms with Gasteiger partial charge in [-0.25, -0.2) is 4.79 Å². The van der Waals surface area contributed by atoms with Gasteiger partial charge in [0, 0.05) is 6.08 Å². The van der Waals surface area contributed by atoms with Gasteiger partial charge in [-0.15, -0.1) is 0 Å². The Bertz CT molecular complexity index is 168. The molecule has 0 atom stereocenters. The fraction of sp³-hybridized carbons (Fsp3) is 0.667. The largest absolute Gasteiger partial charge is 0.457 e. The lowest BCUT2D eigenvalue weighted by atomic mass is 10.2. The lowest BCUT2D eigenvalue weighted by molar-refractivity contribution is -0.148. The first-order valence-corrected chi connectivity index (χ1v) is 4.05. The summed E-state index contributed by atoms with van der Waals surface area (Å²) in [6, 6.07) is 0. The number of nitrogens with two attached hydrogens (primary N) is 1. The van der Waals surface area contributed by atoms with E-state index in [0.29, 0.717) is 13.0 Å². The molecule has 0 fully saturated rings. The van der Waals surface area contributed by atoms with Gasteiger partial charge in [-0.2, -0.15) is 0 Å². The van der Waals surface area contributed by atoms with Gasteiger partial charge in [0.2, 0.25) is 0 Å². The summed E-state index contributed by atoms with van der Waals surface area (Å²) in [5.74, 6) is -0.309. The van der Waals surface area contributed by atoms with Crippen molar-refractivity contribution in [2.75, 3.05) is 6.54 Å². The van der Waals surface area contributed by atoms with Crippen LogP contribution < -0.4 is 5.73 Å². The summed E-state index contributed by atoms with van der Waals surface area (Å²) < 4.78 is 5.02. The first kappa shape index (κ1) is 11.2. The molecule has 0 spiro atoms. The second kappa shape index (κ2) is 4.93. The van der Waals surface area contributed by atoms with Gasteiger partial charge in [0.1, 0.15) is 5.60 Å². The maximum Gasteiger partial charge on any atom is 0.330 e. The molecular formula is C9H17NO2. The van der Waals surface area contributed by atoms with Crippen molar-refractivity contribution in [2.45, 2.75) is 32.8 Å². The van der Waals surface area contributed by atoms with Crippen molar-refractivity contribution >= 4 is 5.97 Å². The Labute approximate surface area is 73.6 Å². The number of esters is 1. The SMILES string of the molecule is CC(C)(C)OC(=O)/C=C/CCN. The minimum Gasteiger partial charge on any atom is -0.457 e. The zero-order valence-corrected chi connectivity index (χ0v) is 7.96. The third-order valence-electron chi connectivity index (χ3n) is 0.994. The predicted octanol–water partition coefficient (Wildman–Crippen LogP) is 1.23. The van der Waals surface area contributed by atoms with Crippen LogP contribution >= 0.6 is 0 Å². The Morgan fingerprint density at radius 2 is 2.08 bits per heavy atom. The van der Waals surface area contributed by atoms with Gasteiger partial charge in [-0.05, 0) is 33.7 Å². The molecule has 0 heterocycles.